The lowest BCUT2D eigenvalue weighted by Crippen LogP contribution is -2.21. The summed E-state index contributed by atoms with van der Waals surface area (Å²) in [6, 6.07) is 7.76. The number of para-hydroxylation sites is 1. The van der Waals surface area contributed by atoms with E-state index < -0.39 is 11.9 Å². The van der Waals surface area contributed by atoms with Gasteiger partial charge in [0.25, 0.3) is 0 Å². The molecule has 0 aliphatic rings. The van der Waals surface area contributed by atoms with Crippen molar-refractivity contribution >= 4 is 28.4 Å². The zero-order valence-corrected chi connectivity index (χ0v) is 15.5. The Morgan fingerprint density at radius 3 is 2.70 bits per heavy atom. The van der Waals surface area contributed by atoms with Crippen molar-refractivity contribution in [2.24, 2.45) is 0 Å². The molecule has 0 atom stereocenters. The van der Waals surface area contributed by atoms with Gasteiger partial charge in [0, 0.05) is 29.7 Å². The van der Waals surface area contributed by atoms with Crippen LogP contribution in [0.5, 0.6) is 0 Å². The number of benzene rings is 1. The van der Waals surface area contributed by atoms with E-state index in [1.165, 1.54) is 20.3 Å². The van der Waals surface area contributed by atoms with Gasteiger partial charge in [-0.05, 0) is 18.1 Å². The van der Waals surface area contributed by atoms with Gasteiger partial charge in [-0.2, -0.15) is 0 Å². The summed E-state index contributed by atoms with van der Waals surface area (Å²) in [5.41, 5.74) is 2.74. The molecule has 0 aliphatic heterocycles. The van der Waals surface area contributed by atoms with Gasteiger partial charge in [-0.15, -0.1) is 6.42 Å². The van der Waals surface area contributed by atoms with E-state index in [4.69, 9.17) is 11.2 Å². The topological polar surface area (TPSA) is 71.6 Å². The van der Waals surface area contributed by atoms with Gasteiger partial charge in [-0.25, -0.2) is 9.59 Å². The lowest BCUT2D eigenvalue weighted by molar-refractivity contribution is -0.135. The number of esters is 2. The minimum absolute atomic E-state index is 0.261. The highest BCUT2D eigenvalue weighted by Gasteiger charge is 2.19. The summed E-state index contributed by atoms with van der Waals surface area (Å²) < 4.78 is 9.40. The molecule has 6 heteroatoms. The maximum atomic E-state index is 12.0. The van der Waals surface area contributed by atoms with Crippen LogP contribution in [-0.2, 0) is 25.5 Å². The van der Waals surface area contributed by atoms with Crippen LogP contribution in [0.4, 0.5) is 0 Å². The predicted octanol–water partition coefficient (Wildman–Crippen LogP) is 2.52. The van der Waals surface area contributed by atoms with Gasteiger partial charge in [0.05, 0.1) is 32.0 Å². The van der Waals surface area contributed by atoms with Crippen molar-refractivity contribution in [1.82, 2.24) is 9.88 Å². The van der Waals surface area contributed by atoms with Crippen molar-refractivity contribution in [1.29, 1.82) is 0 Å². The molecular formula is C21H22N2O4. The fraction of sp³-hybridized carbons (Fsp3) is 0.238. The molecule has 0 radical (unpaired) electrons. The smallest absolute Gasteiger partial charge is 0.339 e. The molecule has 0 bridgehead atoms. The molecule has 0 amide bonds. The van der Waals surface area contributed by atoms with Crippen molar-refractivity contribution in [3.63, 3.8) is 0 Å². The van der Waals surface area contributed by atoms with Crippen molar-refractivity contribution in [3.8, 4) is 12.3 Å². The minimum Gasteiger partial charge on any atom is -0.466 e. The number of aromatic nitrogens is 1. The monoisotopic (exact) mass is 366 g/mol. The Balaban J connectivity index is 2.32. The van der Waals surface area contributed by atoms with Crippen LogP contribution in [0.3, 0.4) is 0 Å². The number of ether oxygens (including phenoxy) is 2. The van der Waals surface area contributed by atoms with Crippen LogP contribution in [0.25, 0.3) is 16.5 Å². The second-order valence-corrected chi connectivity index (χ2v) is 5.76. The normalized spacial score (nSPS) is 10.6. The molecule has 0 unspecified atom stereocenters. The van der Waals surface area contributed by atoms with Crippen molar-refractivity contribution in [2.45, 2.75) is 6.42 Å². The number of carbonyl (C=O) groups excluding carboxylic acids is 2. The third-order valence-corrected chi connectivity index (χ3v) is 4.11. The van der Waals surface area contributed by atoms with Gasteiger partial charge in [-0.3, -0.25) is 0 Å². The zero-order chi connectivity index (χ0) is 19.8. The summed E-state index contributed by atoms with van der Waals surface area (Å²) in [5.74, 6) is 1.62. The predicted molar refractivity (Wildman–Crippen MR) is 105 cm³/mol. The second-order valence-electron chi connectivity index (χ2n) is 5.76. The summed E-state index contributed by atoms with van der Waals surface area (Å²) in [4.78, 5) is 28.3. The number of hydrogen-bond donors (Lipinski definition) is 1. The highest BCUT2D eigenvalue weighted by atomic mass is 16.5. The van der Waals surface area contributed by atoms with Crippen molar-refractivity contribution in [3.05, 3.63) is 54.4 Å². The van der Waals surface area contributed by atoms with E-state index in [-0.39, 0.29) is 5.57 Å². The van der Waals surface area contributed by atoms with E-state index in [1.807, 2.05) is 29.2 Å². The van der Waals surface area contributed by atoms with E-state index in [1.54, 1.807) is 6.20 Å². The minimum atomic E-state index is -0.492. The number of nitrogens with zero attached hydrogens (tertiary/aromatic N) is 1. The first-order valence-electron chi connectivity index (χ1n) is 8.32. The maximum Gasteiger partial charge on any atom is 0.339 e. The molecule has 1 aromatic heterocycles. The van der Waals surface area contributed by atoms with Crippen LogP contribution in [0.15, 0.2) is 43.1 Å². The number of terminal acetylenes is 1. The molecule has 140 valence electrons. The van der Waals surface area contributed by atoms with Gasteiger partial charge < -0.3 is 19.4 Å². The molecule has 1 aromatic carbocycles. The first-order valence-corrected chi connectivity index (χ1v) is 8.32. The SMILES string of the molecule is C#CCN(/C=C/C(=O)OC)CCc1c(C(=C)C(=O)OC)[nH]c2ccccc12. The molecule has 0 aliphatic carbocycles. The summed E-state index contributed by atoms with van der Waals surface area (Å²) in [5, 5.41) is 0.996. The van der Waals surface area contributed by atoms with Gasteiger partial charge >= 0.3 is 11.9 Å². The Hall–Kier alpha value is -3.46. The van der Waals surface area contributed by atoms with E-state index in [2.05, 4.69) is 22.2 Å². The molecule has 0 saturated heterocycles. The fourth-order valence-electron chi connectivity index (χ4n) is 2.76. The molecular weight excluding hydrogens is 344 g/mol. The van der Waals surface area contributed by atoms with Gasteiger partial charge in [0.2, 0.25) is 0 Å². The average molecular weight is 366 g/mol. The summed E-state index contributed by atoms with van der Waals surface area (Å²) in [6.45, 7) is 4.74. The number of carbonyl (C=O) groups is 2. The highest BCUT2D eigenvalue weighted by molar-refractivity contribution is 6.16. The third-order valence-electron chi connectivity index (χ3n) is 4.11. The first kappa shape index (κ1) is 19.9. The maximum absolute atomic E-state index is 12.0. The fourth-order valence-corrected chi connectivity index (χ4v) is 2.76. The molecule has 0 fully saturated rings. The number of fused-ring (bicyclic) bond motifs is 1. The van der Waals surface area contributed by atoms with Crippen LogP contribution in [0.1, 0.15) is 11.3 Å². The van der Waals surface area contributed by atoms with E-state index in [0.29, 0.717) is 25.2 Å². The standard InChI is InChI=1S/C21H22N2O4/c1-5-12-23(14-11-19(24)26-3)13-10-17-16-8-6-7-9-18(16)22-20(17)15(2)21(25)27-4/h1,6-9,11,14,22H,2,10,12-13H2,3-4H3/b14-11+. The molecule has 2 rings (SSSR count). The van der Waals surface area contributed by atoms with Crippen LogP contribution < -0.4 is 0 Å². The first-order chi connectivity index (χ1) is 13.0. The number of aromatic amines is 1. The second kappa shape index (κ2) is 9.30. The van der Waals surface area contributed by atoms with E-state index in [0.717, 1.165) is 16.5 Å². The Morgan fingerprint density at radius 1 is 1.30 bits per heavy atom. The molecule has 1 N–H and O–H groups in total. The van der Waals surface area contributed by atoms with E-state index >= 15 is 0 Å². The molecule has 27 heavy (non-hydrogen) atoms. The van der Waals surface area contributed by atoms with Crippen LogP contribution in [0, 0.1) is 12.3 Å². The Kier molecular flexibility index (Phi) is 6.84. The van der Waals surface area contributed by atoms with Crippen molar-refractivity contribution in [2.75, 3.05) is 27.3 Å². The third kappa shape index (κ3) is 4.79. The van der Waals surface area contributed by atoms with Crippen LogP contribution in [0.2, 0.25) is 0 Å². The Bertz CT molecular complexity index is 918. The Labute approximate surface area is 158 Å². The summed E-state index contributed by atoms with van der Waals surface area (Å²) >= 11 is 0. The molecule has 1 heterocycles. The highest BCUT2D eigenvalue weighted by Crippen LogP contribution is 2.28. The average Bonchev–Trinajstić information content (AvgIpc) is 3.07. The lowest BCUT2D eigenvalue weighted by atomic mass is 10.0. The van der Waals surface area contributed by atoms with Gasteiger partial charge in [-0.1, -0.05) is 30.7 Å². The van der Waals surface area contributed by atoms with E-state index in [9.17, 15) is 9.59 Å². The molecule has 0 saturated carbocycles. The molecule has 2 aromatic rings. The van der Waals surface area contributed by atoms with Gasteiger partial charge in [0.15, 0.2) is 0 Å². The van der Waals surface area contributed by atoms with Crippen LogP contribution in [-0.4, -0.2) is 49.1 Å². The Morgan fingerprint density at radius 2 is 2.04 bits per heavy atom. The van der Waals surface area contributed by atoms with Crippen LogP contribution >= 0.6 is 0 Å². The summed E-state index contributed by atoms with van der Waals surface area (Å²) in [6.07, 6.45) is 8.93. The number of nitrogens with one attached hydrogen (secondary N) is 1. The number of methoxy groups -OCH3 is 2. The number of rotatable bonds is 8. The number of H-pyrrole nitrogens is 1. The van der Waals surface area contributed by atoms with Crippen molar-refractivity contribution < 1.29 is 19.1 Å². The molecule has 0 spiro atoms. The largest absolute Gasteiger partial charge is 0.466 e. The molecule has 6 nitrogen and oxygen atoms in total. The lowest BCUT2D eigenvalue weighted by Gasteiger charge is -2.17. The summed E-state index contributed by atoms with van der Waals surface area (Å²) in [7, 11) is 2.64. The van der Waals surface area contributed by atoms with Gasteiger partial charge in [0.1, 0.15) is 0 Å². The quantitative estimate of drug-likeness (QED) is 0.442. The number of hydrogen-bond acceptors (Lipinski definition) is 5. The zero-order valence-electron chi connectivity index (χ0n) is 15.5.